The number of piperidine rings is 2. The summed E-state index contributed by atoms with van der Waals surface area (Å²) < 4.78 is 5.10. The summed E-state index contributed by atoms with van der Waals surface area (Å²) in [7, 11) is 0. The largest absolute Gasteiger partial charge is 0.482 e. The minimum Gasteiger partial charge on any atom is -0.482 e. The van der Waals surface area contributed by atoms with E-state index in [0.29, 0.717) is 12.2 Å². The van der Waals surface area contributed by atoms with Crippen LogP contribution in [0.5, 0.6) is 5.75 Å². The summed E-state index contributed by atoms with van der Waals surface area (Å²) in [5.41, 5.74) is 3.89. The number of rotatable bonds is 7. The smallest absolute Gasteiger partial charge is 0.341 e. The van der Waals surface area contributed by atoms with Gasteiger partial charge in [-0.25, -0.2) is 9.80 Å². The Labute approximate surface area is 160 Å². The molecular formula is C20H29N3O4. The van der Waals surface area contributed by atoms with Gasteiger partial charge in [0.15, 0.2) is 6.61 Å². The molecular weight excluding hydrogens is 346 g/mol. The molecule has 0 saturated carbocycles. The second-order valence-electron chi connectivity index (χ2n) is 7.45. The first-order valence-electron chi connectivity index (χ1n) is 9.79. The summed E-state index contributed by atoms with van der Waals surface area (Å²) in [4.78, 5) is 22.8. The standard InChI is InChI=1S/C20H29N3O4/c24-19(13-15-1-3-18(4-2-15)27-14-20(25)26)22-23-11-7-17(8-12-23)16-5-9-21-10-6-16/h1-4,16-17,21H,5-14H2,(H,22,24)(H,25,26). The second kappa shape index (κ2) is 9.71. The number of carboxylic acid groups (broad SMARTS) is 1. The Morgan fingerprint density at radius 2 is 1.70 bits per heavy atom. The molecule has 0 aliphatic carbocycles. The highest BCUT2D eigenvalue weighted by atomic mass is 16.5. The summed E-state index contributed by atoms with van der Waals surface area (Å²) >= 11 is 0. The van der Waals surface area contributed by atoms with Gasteiger partial charge in [-0.05, 0) is 68.3 Å². The van der Waals surface area contributed by atoms with Crippen LogP contribution in [0.1, 0.15) is 31.2 Å². The van der Waals surface area contributed by atoms with Crippen LogP contribution in [0, 0.1) is 11.8 Å². The Bertz CT molecular complexity index is 621. The molecule has 2 saturated heterocycles. The number of hydrazine groups is 1. The number of hydrogen-bond acceptors (Lipinski definition) is 5. The average Bonchev–Trinajstić information content (AvgIpc) is 2.68. The number of carbonyl (C=O) groups excluding carboxylic acids is 1. The molecule has 2 aliphatic heterocycles. The molecule has 0 unspecified atom stereocenters. The monoisotopic (exact) mass is 375 g/mol. The summed E-state index contributed by atoms with van der Waals surface area (Å²) in [6.45, 7) is 3.75. The highest BCUT2D eigenvalue weighted by Gasteiger charge is 2.28. The predicted octanol–water partition coefficient (Wildman–Crippen LogP) is 1.44. The number of benzene rings is 1. The van der Waals surface area contributed by atoms with Gasteiger partial charge in [-0.3, -0.25) is 10.2 Å². The first-order chi connectivity index (χ1) is 13.1. The number of aliphatic carboxylic acids is 1. The van der Waals surface area contributed by atoms with Crippen LogP contribution in [-0.4, -0.2) is 54.8 Å². The van der Waals surface area contributed by atoms with Crippen molar-refractivity contribution in [3.8, 4) is 5.75 Å². The van der Waals surface area contributed by atoms with Gasteiger partial charge in [-0.15, -0.1) is 0 Å². The number of ether oxygens (including phenoxy) is 1. The normalized spacial score (nSPS) is 19.6. The van der Waals surface area contributed by atoms with Crippen molar-refractivity contribution in [2.75, 3.05) is 32.8 Å². The minimum atomic E-state index is -1.01. The molecule has 3 N–H and O–H groups in total. The van der Waals surface area contributed by atoms with E-state index in [0.717, 1.165) is 56.4 Å². The Hall–Kier alpha value is -2.12. The summed E-state index contributed by atoms with van der Waals surface area (Å²) in [5.74, 6) is 1.09. The molecule has 1 amide bonds. The molecule has 27 heavy (non-hydrogen) atoms. The van der Waals surface area contributed by atoms with Crippen LogP contribution in [0.3, 0.4) is 0 Å². The fraction of sp³-hybridized carbons (Fsp3) is 0.600. The summed E-state index contributed by atoms with van der Waals surface area (Å²) in [5, 5.41) is 14.1. The highest BCUT2D eigenvalue weighted by molar-refractivity contribution is 5.78. The van der Waals surface area contributed by atoms with Gasteiger partial charge in [0, 0.05) is 13.1 Å². The number of nitrogens with zero attached hydrogens (tertiary/aromatic N) is 1. The van der Waals surface area contributed by atoms with Gasteiger partial charge in [0.05, 0.1) is 6.42 Å². The molecule has 7 nitrogen and oxygen atoms in total. The Balaban J connectivity index is 1.38. The third-order valence-electron chi connectivity index (χ3n) is 5.52. The lowest BCUT2D eigenvalue weighted by Crippen LogP contribution is -2.48. The quantitative estimate of drug-likeness (QED) is 0.668. The van der Waals surface area contributed by atoms with Gasteiger partial charge in [0.25, 0.3) is 0 Å². The molecule has 7 heteroatoms. The van der Waals surface area contributed by atoms with Crippen molar-refractivity contribution in [1.82, 2.24) is 15.8 Å². The van der Waals surface area contributed by atoms with Crippen molar-refractivity contribution in [2.45, 2.75) is 32.1 Å². The third kappa shape index (κ3) is 6.22. The summed E-state index contributed by atoms with van der Waals surface area (Å²) in [6.07, 6.45) is 5.17. The van der Waals surface area contributed by atoms with Crippen molar-refractivity contribution in [3.05, 3.63) is 29.8 Å². The molecule has 1 aromatic carbocycles. The van der Waals surface area contributed by atoms with Crippen molar-refractivity contribution in [2.24, 2.45) is 11.8 Å². The zero-order valence-corrected chi connectivity index (χ0v) is 15.7. The van der Waals surface area contributed by atoms with Gasteiger partial charge >= 0.3 is 5.97 Å². The zero-order chi connectivity index (χ0) is 19.1. The third-order valence-corrected chi connectivity index (χ3v) is 5.52. The van der Waals surface area contributed by atoms with Crippen molar-refractivity contribution in [1.29, 1.82) is 0 Å². The molecule has 0 aromatic heterocycles. The van der Waals surface area contributed by atoms with Crippen LogP contribution >= 0.6 is 0 Å². The first-order valence-corrected chi connectivity index (χ1v) is 9.79. The predicted molar refractivity (Wildman–Crippen MR) is 101 cm³/mol. The van der Waals surface area contributed by atoms with Crippen molar-refractivity contribution >= 4 is 11.9 Å². The van der Waals surface area contributed by atoms with Crippen LogP contribution < -0.4 is 15.5 Å². The average molecular weight is 375 g/mol. The number of amides is 1. The van der Waals surface area contributed by atoms with Gasteiger partial charge in [-0.1, -0.05) is 12.1 Å². The topological polar surface area (TPSA) is 90.9 Å². The number of nitrogens with one attached hydrogen (secondary N) is 2. The fourth-order valence-electron chi connectivity index (χ4n) is 4.05. The maximum absolute atomic E-state index is 12.3. The van der Waals surface area contributed by atoms with E-state index in [2.05, 4.69) is 10.7 Å². The van der Waals surface area contributed by atoms with E-state index < -0.39 is 5.97 Å². The molecule has 2 aliphatic rings. The van der Waals surface area contributed by atoms with Crippen molar-refractivity contribution in [3.63, 3.8) is 0 Å². The molecule has 0 spiro atoms. The lowest BCUT2D eigenvalue weighted by atomic mass is 9.79. The fourth-order valence-corrected chi connectivity index (χ4v) is 4.05. The van der Waals surface area contributed by atoms with Crippen LogP contribution in [0.4, 0.5) is 0 Å². The lowest BCUT2D eigenvalue weighted by Gasteiger charge is -2.37. The number of carboxylic acids is 1. The molecule has 2 heterocycles. The van der Waals surface area contributed by atoms with Crippen LogP contribution in [0.2, 0.25) is 0 Å². The molecule has 148 valence electrons. The van der Waals surface area contributed by atoms with E-state index in [1.165, 1.54) is 12.8 Å². The van der Waals surface area contributed by atoms with E-state index >= 15 is 0 Å². The first kappa shape index (κ1) is 19.6. The second-order valence-corrected chi connectivity index (χ2v) is 7.45. The summed E-state index contributed by atoms with van der Waals surface area (Å²) in [6, 6.07) is 6.96. The molecule has 3 rings (SSSR count). The zero-order valence-electron chi connectivity index (χ0n) is 15.7. The lowest BCUT2D eigenvalue weighted by molar-refractivity contribution is -0.139. The van der Waals surface area contributed by atoms with E-state index in [-0.39, 0.29) is 12.5 Å². The van der Waals surface area contributed by atoms with E-state index in [1.54, 1.807) is 24.3 Å². The van der Waals surface area contributed by atoms with Gasteiger partial charge in [0.1, 0.15) is 5.75 Å². The van der Waals surface area contributed by atoms with Crippen molar-refractivity contribution < 1.29 is 19.4 Å². The van der Waals surface area contributed by atoms with E-state index in [4.69, 9.17) is 9.84 Å². The van der Waals surface area contributed by atoms with Crippen LogP contribution in [0.25, 0.3) is 0 Å². The number of carbonyl (C=O) groups is 2. The van der Waals surface area contributed by atoms with Gasteiger partial charge in [-0.2, -0.15) is 0 Å². The molecule has 1 aromatic rings. The van der Waals surface area contributed by atoms with E-state index in [1.807, 2.05) is 5.01 Å². The van der Waals surface area contributed by atoms with Gasteiger partial charge < -0.3 is 15.2 Å². The Kier molecular flexibility index (Phi) is 7.06. The Morgan fingerprint density at radius 3 is 2.33 bits per heavy atom. The molecule has 2 fully saturated rings. The SMILES string of the molecule is O=C(O)COc1ccc(CC(=O)NN2CCC(C3CCNCC3)CC2)cc1. The molecule has 0 radical (unpaired) electrons. The van der Waals surface area contributed by atoms with Gasteiger partial charge in [0.2, 0.25) is 5.91 Å². The molecule has 0 bridgehead atoms. The van der Waals surface area contributed by atoms with E-state index in [9.17, 15) is 9.59 Å². The van der Waals surface area contributed by atoms with Crippen LogP contribution in [0.15, 0.2) is 24.3 Å². The van der Waals surface area contributed by atoms with Crippen LogP contribution in [-0.2, 0) is 16.0 Å². The number of hydrogen-bond donors (Lipinski definition) is 3. The maximum Gasteiger partial charge on any atom is 0.341 e. The molecule has 0 atom stereocenters. The maximum atomic E-state index is 12.3. The Morgan fingerprint density at radius 1 is 1.07 bits per heavy atom. The highest BCUT2D eigenvalue weighted by Crippen LogP contribution is 2.30. The minimum absolute atomic E-state index is 0.0190.